The Kier molecular flexibility index (Phi) is 4.06. The van der Waals surface area contributed by atoms with Crippen LogP contribution in [0.3, 0.4) is 0 Å². The maximum absolute atomic E-state index is 5.45. The molecule has 0 bridgehead atoms. The Morgan fingerprint density at radius 3 is 2.58 bits per heavy atom. The molecule has 2 aromatic rings. The van der Waals surface area contributed by atoms with E-state index in [-0.39, 0.29) is 5.92 Å². The summed E-state index contributed by atoms with van der Waals surface area (Å²) in [6, 6.07) is 3.86. The predicted octanol–water partition coefficient (Wildman–Crippen LogP) is 2.08. The van der Waals surface area contributed by atoms with Crippen LogP contribution in [0, 0.1) is 6.92 Å². The minimum absolute atomic E-state index is 0.251. The van der Waals surface area contributed by atoms with Gasteiger partial charge in [0, 0.05) is 19.0 Å². The van der Waals surface area contributed by atoms with Gasteiger partial charge in [0.05, 0.1) is 5.69 Å². The van der Waals surface area contributed by atoms with E-state index in [1.807, 2.05) is 30.8 Å². The number of hydrogen-bond acceptors (Lipinski definition) is 6. The third kappa shape index (κ3) is 3.24. The van der Waals surface area contributed by atoms with E-state index in [1.54, 1.807) is 11.8 Å². The van der Waals surface area contributed by atoms with Gasteiger partial charge in [-0.1, -0.05) is 25.6 Å². The molecule has 0 amide bonds. The molecule has 0 unspecified atom stereocenters. The van der Waals surface area contributed by atoms with Crippen molar-refractivity contribution in [2.45, 2.75) is 36.7 Å². The maximum Gasteiger partial charge on any atom is 0.144 e. The van der Waals surface area contributed by atoms with Gasteiger partial charge < -0.3 is 5.43 Å². The molecule has 6 nitrogen and oxygen atoms in total. The van der Waals surface area contributed by atoms with E-state index in [1.165, 1.54) is 0 Å². The first kappa shape index (κ1) is 13.8. The van der Waals surface area contributed by atoms with Gasteiger partial charge in [-0.15, -0.1) is 0 Å². The summed E-state index contributed by atoms with van der Waals surface area (Å²) in [4.78, 5) is 8.88. The molecule has 0 aromatic carbocycles. The summed E-state index contributed by atoms with van der Waals surface area (Å²) >= 11 is 1.55. The number of hydrazine groups is 1. The second kappa shape index (κ2) is 5.58. The normalized spacial score (nSPS) is 11.1. The number of hydrogen-bond donors (Lipinski definition) is 2. The van der Waals surface area contributed by atoms with E-state index in [2.05, 4.69) is 34.3 Å². The quantitative estimate of drug-likeness (QED) is 0.506. The standard InChI is InChI=1S/C12H18N6S/c1-7(2)12-14-9(16-13)6-10(15-12)19-11-5-8(3)17-18(11)4/h5-7H,13H2,1-4H3,(H,14,15,16). The van der Waals surface area contributed by atoms with Crippen LogP contribution < -0.4 is 11.3 Å². The molecule has 102 valence electrons. The van der Waals surface area contributed by atoms with Gasteiger partial charge in [0.15, 0.2) is 0 Å². The zero-order valence-electron chi connectivity index (χ0n) is 11.5. The van der Waals surface area contributed by atoms with Crippen LogP contribution in [0.4, 0.5) is 5.82 Å². The summed E-state index contributed by atoms with van der Waals surface area (Å²) in [5.41, 5.74) is 3.57. The van der Waals surface area contributed by atoms with Gasteiger partial charge >= 0.3 is 0 Å². The zero-order valence-corrected chi connectivity index (χ0v) is 12.3. The molecule has 0 radical (unpaired) electrons. The number of anilines is 1. The highest BCUT2D eigenvalue weighted by Gasteiger charge is 2.11. The smallest absolute Gasteiger partial charge is 0.144 e. The van der Waals surface area contributed by atoms with Gasteiger partial charge in [0.1, 0.15) is 21.7 Å². The molecule has 0 fully saturated rings. The summed E-state index contributed by atoms with van der Waals surface area (Å²) in [6.07, 6.45) is 0. The molecule has 0 aliphatic carbocycles. The van der Waals surface area contributed by atoms with Crippen molar-refractivity contribution in [2.75, 3.05) is 5.43 Å². The molecule has 0 aliphatic heterocycles. The second-order valence-electron chi connectivity index (χ2n) is 4.60. The van der Waals surface area contributed by atoms with Gasteiger partial charge in [-0.25, -0.2) is 15.8 Å². The number of nitrogen functional groups attached to an aromatic ring is 1. The van der Waals surface area contributed by atoms with E-state index in [0.29, 0.717) is 5.82 Å². The summed E-state index contributed by atoms with van der Waals surface area (Å²) < 4.78 is 1.84. The highest BCUT2D eigenvalue weighted by molar-refractivity contribution is 7.99. The molecule has 3 N–H and O–H groups in total. The topological polar surface area (TPSA) is 81.6 Å². The van der Waals surface area contributed by atoms with Crippen molar-refractivity contribution < 1.29 is 0 Å². The predicted molar refractivity (Wildman–Crippen MR) is 76.0 cm³/mol. The highest BCUT2D eigenvalue weighted by atomic mass is 32.2. The largest absolute Gasteiger partial charge is 0.308 e. The summed E-state index contributed by atoms with van der Waals surface area (Å²) in [7, 11) is 1.92. The lowest BCUT2D eigenvalue weighted by Gasteiger charge is -2.09. The first-order valence-electron chi connectivity index (χ1n) is 6.03. The van der Waals surface area contributed by atoms with Gasteiger partial charge in [-0.3, -0.25) is 4.68 Å². The van der Waals surface area contributed by atoms with Crippen LogP contribution in [-0.2, 0) is 7.05 Å². The Morgan fingerprint density at radius 2 is 2.05 bits per heavy atom. The molecule has 7 heteroatoms. The molecule has 0 saturated carbocycles. The summed E-state index contributed by atoms with van der Waals surface area (Å²) in [5, 5.41) is 6.21. The second-order valence-corrected chi connectivity index (χ2v) is 5.64. The average Bonchev–Trinajstić information content (AvgIpc) is 2.67. The molecular formula is C12H18N6S. The molecule has 2 aromatic heterocycles. The third-order valence-electron chi connectivity index (χ3n) is 2.55. The van der Waals surface area contributed by atoms with Crippen molar-refractivity contribution in [3.8, 4) is 0 Å². The molecule has 0 spiro atoms. The number of aryl methyl sites for hydroxylation is 2. The number of nitrogens with one attached hydrogen (secondary N) is 1. The van der Waals surface area contributed by atoms with Gasteiger partial charge in [-0.2, -0.15) is 5.10 Å². The molecule has 2 rings (SSSR count). The van der Waals surface area contributed by atoms with Crippen molar-refractivity contribution in [2.24, 2.45) is 12.9 Å². The lowest BCUT2D eigenvalue weighted by atomic mass is 10.2. The first-order valence-corrected chi connectivity index (χ1v) is 6.85. The van der Waals surface area contributed by atoms with Crippen molar-refractivity contribution in [1.29, 1.82) is 0 Å². The van der Waals surface area contributed by atoms with Gasteiger partial charge in [0.2, 0.25) is 0 Å². The fourth-order valence-electron chi connectivity index (χ4n) is 1.62. The van der Waals surface area contributed by atoms with Crippen molar-refractivity contribution >= 4 is 17.6 Å². The number of nitrogens with two attached hydrogens (primary N) is 1. The number of nitrogens with zero attached hydrogens (tertiary/aromatic N) is 4. The van der Waals surface area contributed by atoms with E-state index in [4.69, 9.17) is 5.84 Å². The molecule has 0 aliphatic rings. The van der Waals surface area contributed by atoms with E-state index in [9.17, 15) is 0 Å². The van der Waals surface area contributed by atoms with Crippen LogP contribution in [0.2, 0.25) is 0 Å². The Bertz CT molecular complexity index is 578. The Hall–Kier alpha value is -1.60. The molecular weight excluding hydrogens is 260 g/mol. The van der Waals surface area contributed by atoms with Crippen LogP contribution >= 0.6 is 11.8 Å². The fourth-order valence-corrected chi connectivity index (χ4v) is 2.54. The van der Waals surface area contributed by atoms with Gasteiger partial charge in [0.25, 0.3) is 0 Å². The first-order chi connectivity index (χ1) is 8.99. The Labute approximate surface area is 116 Å². The zero-order chi connectivity index (χ0) is 14.0. The molecule has 0 atom stereocenters. The Balaban J connectivity index is 2.34. The third-order valence-corrected chi connectivity index (χ3v) is 3.56. The Morgan fingerprint density at radius 1 is 1.32 bits per heavy atom. The van der Waals surface area contributed by atoms with Crippen LogP contribution in [0.15, 0.2) is 22.2 Å². The summed E-state index contributed by atoms with van der Waals surface area (Å²) in [5.74, 6) is 7.10. The molecule has 0 saturated heterocycles. The summed E-state index contributed by atoms with van der Waals surface area (Å²) in [6.45, 7) is 6.08. The average molecular weight is 278 g/mol. The molecule has 19 heavy (non-hydrogen) atoms. The van der Waals surface area contributed by atoms with Crippen LogP contribution in [0.5, 0.6) is 0 Å². The highest BCUT2D eigenvalue weighted by Crippen LogP contribution is 2.28. The minimum atomic E-state index is 0.251. The molecule has 2 heterocycles. The fraction of sp³-hybridized carbons (Fsp3) is 0.417. The van der Waals surface area contributed by atoms with Crippen LogP contribution in [0.1, 0.15) is 31.3 Å². The SMILES string of the molecule is Cc1cc(Sc2cc(NN)nc(C(C)C)n2)n(C)n1. The maximum atomic E-state index is 5.45. The van der Waals surface area contributed by atoms with E-state index < -0.39 is 0 Å². The number of aromatic nitrogens is 4. The van der Waals surface area contributed by atoms with Gasteiger partial charge in [-0.05, 0) is 13.0 Å². The monoisotopic (exact) mass is 278 g/mol. The van der Waals surface area contributed by atoms with E-state index in [0.717, 1.165) is 21.6 Å². The minimum Gasteiger partial charge on any atom is -0.308 e. The van der Waals surface area contributed by atoms with Crippen molar-refractivity contribution in [3.05, 3.63) is 23.7 Å². The lowest BCUT2D eigenvalue weighted by molar-refractivity contribution is 0.691. The van der Waals surface area contributed by atoms with Crippen LogP contribution in [-0.4, -0.2) is 19.7 Å². The van der Waals surface area contributed by atoms with Crippen molar-refractivity contribution in [1.82, 2.24) is 19.7 Å². The van der Waals surface area contributed by atoms with E-state index >= 15 is 0 Å². The lowest BCUT2D eigenvalue weighted by Crippen LogP contribution is -2.11. The van der Waals surface area contributed by atoms with Crippen molar-refractivity contribution in [3.63, 3.8) is 0 Å². The number of rotatable bonds is 4. The van der Waals surface area contributed by atoms with Crippen LogP contribution in [0.25, 0.3) is 0 Å².